The molecule has 0 amide bonds. The lowest BCUT2D eigenvalue weighted by Gasteiger charge is -2.47. The molecule has 0 unspecified atom stereocenters. The Labute approximate surface area is 126 Å². The molecular formula is C16H26N4O. The molecule has 2 fully saturated rings. The number of likely N-dealkylation sites (N-methyl/N-ethyl adjacent to an activating group) is 1. The number of aromatic nitrogens is 1. The summed E-state index contributed by atoms with van der Waals surface area (Å²) < 4.78 is 5.87. The molecule has 1 aliphatic carbocycles. The van der Waals surface area contributed by atoms with Crippen LogP contribution in [0.2, 0.25) is 0 Å². The molecule has 0 spiro atoms. The van der Waals surface area contributed by atoms with Crippen LogP contribution in [0.15, 0.2) is 4.42 Å². The highest BCUT2D eigenvalue weighted by molar-refractivity contribution is 5.15. The maximum absolute atomic E-state index is 5.87. The first-order valence-electron chi connectivity index (χ1n) is 8.48. The third kappa shape index (κ3) is 2.74. The topological polar surface area (TPSA) is 35.8 Å². The highest BCUT2D eigenvalue weighted by atomic mass is 16.4. The van der Waals surface area contributed by atoms with E-state index in [1.807, 2.05) is 0 Å². The second-order valence-corrected chi connectivity index (χ2v) is 6.65. The van der Waals surface area contributed by atoms with Crippen molar-refractivity contribution >= 4 is 0 Å². The lowest BCUT2D eigenvalue weighted by Crippen LogP contribution is -2.62. The Bertz CT molecular complexity index is 465. The Kier molecular flexibility index (Phi) is 3.73. The van der Waals surface area contributed by atoms with Crippen molar-refractivity contribution in [2.75, 3.05) is 45.8 Å². The maximum Gasteiger partial charge on any atom is 0.208 e. The van der Waals surface area contributed by atoms with E-state index < -0.39 is 0 Å². The summed E-state index contributed by atoms with van der Waals surface area (Å²) in [5.74, 6) is 2.09. The Morgan fingerprint density at radius 3 is 2.62 bits per heavy atom. The minimum atomic E-state index is 0.755. The number of likely N-dealkylation sites (tertiary alicyclic amines) is 1. The van der Waals surface area contributed by atoms with E-state index in [1.54, 1.807) is 0 Å². The third-order valence-electron chi connectivity index (χ3n) is 5.31. The van der Waals surface area contributed by atoms with Crippen LogP contribution < -0.4 is 0 Å². The van der Waals surface area contributed by atoms with Crippen LogP contribution >= 0.6 is 0 Å². The van der Waals surface area contributed by atoms with E-state index in [1.165, 1.54) is 57.9 Å². The summed E-state index contributed by atoms with van der Waals surface area (Å²) in [4.78, 5) is 12.3. The summed E-state index contributed by atoms with van der Waals surface area (Å²) in [6, 6.07) is 0.755. The molecule has 1 aromatic rings. The summed E-state index contributed by atoms with van der Waals surface area (Å²) in [5.41, 5.74) is 1.22. The quantitative estimate of drug-likeness (QED) is 0.826. The number of aryl methyl sites for hydroxylation is 2. The van der Waals surface area contributed by atoms with Gasteiger partial charge in [0.05, 0.1) is 12.2 Å². The van der Waals surface area contributed by atoms with Gasteiger partial charge in [0.15, 0.2) is 0 Å². The van der Waals surface area contributed by atoms with Crippen molar-refractivity contribution in [1.29, 1.82) is 0 Å². The van der Waals surface area contributed by atoms with E-state index in [4.69, 9.17) is 4.42 Å². The average molecular weight is 290 g/mol. The highest BCUT2D eigenvalue weighted by Gasteiger charge is 2.34. The lowest BCUT2D eigenvalue weighted by atomic mass is 10.1. The van der Waals surface area contributed by atoms with E-state index in [0.717, 1.165) is 37.1 Å². The van der Waals surface area contributed by atoms with E-state index in [2.05, 4.69) is 26.6 Å². The molecule has 4 rings (SSSR count). The monoisotopic (exact) mass is 290 g/mol. The zero-order valence-corrected chi connectivity index (χ0v) is 13.1. The second-order valence-electron chi connectivity index (χ2n) is 6.65. The number of rotatable bonds is 4. The minimum absolute atomic E-state index is 0.755. The van der Waals surface area contributed by atoms with Gasteiger partial charge in [-0.15, -0.1) is 0 Å². The molecule has 1 aromatic heterocycles. The third-order valence-corrected chi connectivity index (χ3v) is 5.31. The van der Waals surface area contributed by atoms with Gasteiger partial charge in [-0.05, 0) is 19.4 Å². The molecular weight excluding hydrogens is 264 g/mol. The van der Waals surface area contributed by atoms with Gasteiger partial charge in [0.25, 0.3) is 0 Å². The highest BCUT2D eigenvalue weighted by Crippen LogP contribution is 2.24. The fourth-order valence-corrected chi connectivity index (χ4v) is 3.85. The Balaban J connectivity index is 1.24. The number of hydrogen-bond donors (Lipinski definition) is 0. The van der Waals surface area contributed by atoms with E-state index in [-0.39, 0.29) is 0 Å². The summed E-state index contributed by atoms with van der Waals surface area (Å²) in [7, 11) is 0. The van der Waals surface area contributed by atoms with Crippen LogP contribution in [0, 0.1) is 0 Å². The van der Waals surface area contributed by atoms with Crippen LogP contribution in [0.4, 0.5) is 0 Å². The van der Waals surface area contributed by atoms with Crippen LogP contribution in [0.25, 0.3) is 0 Å². The second kappa shape index (κ2) is 5.71. The van der Waals surface area contributed by atoms with Gasteiger partial charge in [0.2, 0.25) is 5.89 Å². The molecule has 2 saturated heterocycles. The van der Waals surface area contributed by atoms with Crippen LogP contribution in [0.3, 0.4) is 0 Å². The van der Waals surface area contributed by atoms with Crippen LogP contribution in [-0.2, 0) is 19.4 Å². The molecule has 0 atom stereocenters. The lowest BCUT2D eigenvalue weighted by molar-refractivity contribution is -0.00154. The molecule has 5 nitrogen and oxygen atoms in total. The van der Waals surface area contributed by atoms with Gasteiger partial charge in [0, 0.05) is 51.7 Å². The molecule has 3 heterocycles. The maximum atomic E-state index is 5.87. The van der Waals surface area contributed by atoms with Crippen LogP contribution in [0.1, 0.15) is 30.7 Å². The fourth-order valence-electron chi connectivity index (χ4n) is 3.85. The van der Waals surface area contributed by atoms with Crippen molar-refractivity contribution in [3.8, 4) is 0 Å². The van der Waals surface area contributed by atoms with Gasteiger partial charge in [-0.2, -0.15) is 0 Å². The number of piperazine rings is 1. The Morgan fingerprint density at radius 2 is 1.90 bits per heavy atom. The number of oxazole rings is 1. The summed E-state index contributed by atoms with van der Waals surface area (Å²) >= 11 is 0. The fraction of sp³-hybridized carbons (Fsp3) is 0.812. The van der Waals surface area contributed by atoms with Crippen LogP contribution in [-0.4, -0.2) is 71.5 Å². The Hall–Kier alpha value is -0.910. The molecule has 0 saturated carbocycles. The average Bonchev–Trinajstić information content (AvgIpc) is 3.03. The standard InChI is InChI=1S/C16H26N4O/c1-2-18-6-8-20(9-7-18)13-10-19(11-13)12-16-17-14-4-3-5-15(14)21-16/h13H,2-12H2,1H3. The predicted molar refractivity (Wildman–Crippen MR) is 81.3 cm³/mol. The molecule has 0 bridgehead atoms. The zero-order chi connectivity index (χ0) is 14.2. The molecule has 0 aromatic carbocycles. The van der Waals surface area contributed by atoms with Gasteiger partial charge < -0.3 is 9.32 Å². The molecule has 2 aliphatic heterocycles. The van der Waals surface area contributed by atoms with Crippen LogP contribution in [0.5, 0.6) is 0 Å². The first kappa shape index (κ1) is 13.7. The summed E-state index contributed by atoms with van der Waals surface area (Å²) in [6.07, 6.45) is 3.42. The molecule has 0 radical (unpaired) electrons. The van der Waals surface area contributed by atoms with E-state index in [0.29, 0.717) is 0 Å². The smallest absolute Gasteiger partial charge is 0.208 e. The van der Waals surface area contributed by atoms with Crippen molar-refractivity contribution in [3.05, 3.63) is 17.3 Å². The van der Waals surface area contributed by atoms with Crippen molar-refractivity contribution in [1.82, 2.24) is 19.7 Å². The van der Waals surface area contributed by atoms with Crippen molar-refractivity contribution < 1.29 is 4.42 Å². The number of fused-ring (bicyclic) bond motifs is 1. The molecule has 21 heavy (non-hydrogen) atoms. The van der Waals surface area contributed by atoms with E-state index in [9.17, 15) is 0 Å². The molecule has 3 aliphatic rings. The Morgan fingerprint density at radius 1 is 1.10 bits per heavy atom. The van der Waals surface area contributed by atoms with Gasteiger partial charge in [-0.1, -0.05) is 6.92 Å². The summed E-state index contributed by atoms with van der Waals surface area (Å²) in [5, 5.41) is 0. The van der Waals surface area contributed by atoms with Crippen molar-refractivity contribution in [3.63, 3.8) is 0 Å². The SMILES string of the molecule is CCN1CCN(C2CN(Cc3nc4c(o3)CCC4)C2)CC1. The van der Waals surface area contributed by atoms with Gasteiger partial charge in [0.1, 0.15) is 5.76 Å². The first-order valence-corrected chi connectivity index (χ1v) is 8.48. The summed E-state index contributed by atoms with van der Waals surface area (Å²) in [6.45, 7) is 11.7. The van der Waals surface area contributed by atoms with Crippen molar-refractivity contribution in [2.24, 2.45) is 0 Å². The van der Waals surface area contributed by atoms with E-state index >= 15 is 0 Å². The van der Waals surface area contributed by atoms with Gasteiger partial charge in [-0.3, -0.25) is 9.80 Å². The zero-order valence-electron chi connectivity index (χ0n) is 13.1. The van der Waals surface area contributed by atoms with Gasteiger partial charge in [-0.25, -0.2) is 4.98 Å². The number of nitrogens with zero attached hydrogens (tertiary/aromatic N) is 4. The molecule has 116 valence electrons. The number of hydrogen-bond acceptors (Lipinski definition) is 5. The largest absolute Gasteiger partial charge is 0.444 e. The predicted octanol–water partition coefficient (Wildman–Crippen LogP) is 0.985. The molecule has 0 N–H and O–H groups in total. The van der Waals surface area contributed by atoms with Crippen molar-refractivity contribution in [2.45, 2.75) is 38.8 Å². The molecule has 5 heteroatoms. The first-order chi connectivity index (χ1) is 10.3. The normalized spacial score (nSPS) is 25.2. The minimum Gasteiger partial charge on any atom is -0.444 e. The van der Waals surface area contributed by atoms with Gasteiger partial charge >= 0.3 is 0 Å².